The third-order valence-corrected chi connectivity index (χ3v) is 6.85. The molecule has 0 bridgehead atoms. The Balaban J connectivity index is 0.00000323. The van der Waals surface area contributed by atoms with Crippen LogP contribution in [0.4, 0.5) is 11.5 Å². The molecule has 204 valence electrons. The fourth-order valence-electron chi connectivity index (χ4n) is 4.84. The molecule has 0 radical (unpaired) electrons. The van der Waals surface area contributed by atoms with Gasteiger partial charge in [0.2, 0.25) is 5.91 Å². The highest BCUT2D eigenvalue weighted by atomic mass is 35.5. The van der Waals surface area contributed by atoms with E-state index in [1.165, 1.54) is 6.33 Å². The van der Waals surface area contributed by atoms with Gasteiger partial charge in [-0.25, -0.2) is 9.97 Å². The monoisotopic (exact) mass is 556 g/mol. The number of hydrogen-bond acceptors (Lipinski definition) is 8. The second-order valence-corrected chi connectivity index (χ2v) is 9.53. The van der Waals surface area contributed by atoms with Crippen molar-refractivity contribution in [2.75, 3.05) is 11.9 Å². The number of aromatic nitrogens is 3. The molecule has 1 amide bonds. The number of amides is 1. The van der Waals surface area contributed by atoms with Crippen LogP contribution in [-0.2, 0) is 17.9 Å². The first kappa shape index (κ1) is 27.1. The zero-order valence-electron chi connectivity index (χ0n) is 21.7. The third-order valence-electron chi connectivity index (χ3n) is 6.85. The van der Waals surface area contributed by atoms with Gasteiger partial charge in [0.15, 0.2) is 5.76 Å². The van der Waals surface area contributed by atoms with Crippen LogP contribution in [-0.4, -0.2) is 38.3 Å². The summed E-state index contributed by atoms with van der Waals surface area (Å²) < 4.78 is 12.0. The lowest BCUT2D eigenvalue weighted by Crippen LogP contribution is -2.39. The van der Waals surface area contributed by atoms with Gasteiger partial charge in [-0.1, -0.05) is 30.3 Å². The van der Waals surface area contributed by atoms with E-state index in [0.29, 0.717) is 35.9 Å². The van der Waals surface area contributed by atoms with Gasteiger partial charge in [-0.2, -0.15) is 0 Å². The summed E-state index contributed by atoms with van der Waals surface area (Å²) in [6.07, 6.45) is 4.96. The zero-order valence-corrected chi connectivity index (χ0v) is 22.5. The molecule has 1 aliphatic rings. The molecule has 5 aromatic rings. The number of anilines is 2. The SMILES string of the molecule is Cl.NC(=O)[C@@H]1CCCN1Cc1ccc(-c2cc3c(Nc4ccc(OCc5ccccc5)cc4)ncnc3cn2)o1. The quantitative estimate of drug-likeness (QED) is 0.245. The lowest BCUT2D eigenvalue weighted by Gasteiger charge is -2.20. The minimum absolute atomic E-state index is 0. The largest absolute Gasteiger partial charge is 0.489 e. The predicted octanol–water partition coefficient (Wildman–Crippen LogP) is 5.48. The molecule has 0 spiro atoms. The number of carbonyl (C=O) groups is 1. The third kappa shape index (κ3) is 6.06. The molecule has 1 atom stereocenters. The minimum Gasteiger partial charge on any atom is -0.489 e. The number of ether oxygens (including phenoxy) is 1. The molecule has 0 unspecified atom stereocenters. The molecule has 4 heterocycles. The van der Waals surface area contributed by atoms with E-state index in [9.17, 15) is 4.79 Å². The summed E-state index contributed by atoms with van der Waals surface area (Å²) in [5.41, 5.74) is 8.93. The maximum absolute atomic E-state index is 11.7. The van der Waals surface area contributed by atoms with Crippen molar-refractivity contribution in [2.24, 2.45) is 5.73 Å². The van der Waals surface area contributed by atoms with Crippen LogP contribution in [0.5, 0.6) is 5.75 Å². The van der Waals surface area contributed by atoms with Gasteiger partial charge in [0.05, 0.1) is 24.3 Å². The van der Waals surface area contributed by atoms with Gasteiger partial charge in [-0.15, -0.1) is 12.4 Å². The van der Waals surface area contributed by atoms with Gasteiger partial charge in [0, 0.05) is 11.1 Å². The van der Waals surface area contributed by atoms with Crippen molar-refractivity contribution in [2.45, 2.75) is 32.0 Å². The Morgan fingerprint density at radius 1 is 1.05 bits per heavy atom. The molecule has 10 heteroatoms. The Labute approximate surface area is 237 Å². The maximum atomic E-state index is 11.7. The van der Waals surface area contributed by atoms with Crippen molar-refractivity contribution in [3.05, 3.63) is 96.6 Å². The first-order valence-corrected chi connectivity index (χ1v) is 12.9. The van der Waals surface area contributed by atoms with E-state index in [1.54, 1.807) is 6.20 Å². The second-order valence-electron chi connectivity index (χ2n) is 9.53. The molecule has 3 N–H and O–H groups in total. The zero-order chi connectivity index (χ0) is 26.6. The number of pyridine rings is 1. The molecule has 1 saturated heterocycles. The topological polar surface area (TPSA) is 119 Å². The average Bonchev–Trinajstić information content (AvgIpc) is 3.63. The molecule has 2 aromatic carbocycles. The summed E-state index contributed by atoms with van der Waals surface area (Å²) in [5.74, 6) is 2.56. The first-order valence-electron chi connectivity index (χ1n) is 12.9. The fraction of sp³-hybridized carbons (Fsp3) is 0.200. The molecule has 0 aliphatic carbocycles. The Hall–Kier alpha value is -4.47. The standard InChI is InChI=1S/C30H28N6O3.ClH/c31-29(37)27-7-4-14-36(27)17-23-12-13-28(39-23)25-15-24-26(16-32-25)33-19-34-30(24)35-21-8-10-22(11-9-21)38-18-20-5-2-1-3-6-20;/h1-3,5-6,8-13,15-16,19,27H,4,7,14,17-18H2,(H2,31,37)(H,33,34,35);1H/t27-;/m0./s1. The number of nitrogens with two attached hydrogens (primary N) is 1. The second kappa shape index (κ2) is 12.1. The summed E-state index contributed by atoms with van der Waals surface area (Å²) in [7, 11) is 0. The smallest absolute Gasteiger partial charge is 0.234 e. The van der Waals surface area contributed by atoms with E-state index in [4.69, 9.17) is 14.9 Å². The van der Waals surface area contributed by atoms with Gasteiger partial charge in [-0.05, 0) is 67.4 Å². The number of hydrogen-bond donors (Lipinski definition) is 2. The normalized spacial score (nSPS) is 15.1. The van der Waals surface area contributed by atoms with E-state index in [2.05, 4.69) is 25.2 Å². The van der Waals surface area contributed by atoms with Crippen LogP contribution in [0.15, 0.2) is 89.7 Å². The number of primary amides is 1. The number of rotatable bonds is 9. The average molecular weight is 557 g/mol. The molecule has 6 rings (SSSR count). The number of likely N-dealkylation sites (tertiary alicyclic amines) is 1. The number of fused-ring (bicyclic) bond motifs is 1. The lowest BCUT2D eigenvalue weighted by atomic mass is 10.2. The van der Waals surface area contributed by atoms with Gasteiger partial charge < -0.3 is 20.2 Å². The fourth-order valence-corrected chi connectivity index (χ4v) is 4.84. The Bertz CT molecular complexity index is 1590. The predicted molar refractivity (Wildman–Crippen MR) is 155 cm³/mol. The van der Waals surface area contributed by atoms with E-state index < -0.39 is 0 Å². The molecule has 0 saturated carbocycles. The van der Waals surface area contributed by atoms with Gasteiger partial charge in [0.1, 0.15) is 36.0 Å². The summed E-state index contributed by atoms with van der Waals surface area (Å²) in [4.78, 5) is 27.2. The van der Waals surface area contributed by atoms with Crippen molar-refractivity contribution >= 4 is 40.7 Å². The molecule has 9 nitrogen and oxygen atoms in total. The highest BCUT2D eigenvalue weighted by Gasteiger charge is 2.29. The van der Waals surface area contributed by atoms with Crippen LogP contribution in [0.25, 0.3) is 22.4 Å². The number of nitrogens with one attached hydrogen (secondary N) is 1. The van der Waals surface area contributed by atoms with Crippen molar-refractivity contribution in [3.63, 3.8) is 0 Å². The van der Waals surface area contributed by atoms with Gasteiger partial charge in [-0.3, -0.25) is 14.7 Å². The van der Waals surface area contributed by atoms with Crippen molar-refractivity contribution in [1.82, 2.24) is 19.9 Å². The summed E-state index contributed by atoms with van der Waals surface area (Å²) >= 11 is 0. The van der Waals surface area contributed by atoms with E-state index in [1.807, 2.05) is 72.8 Å². The van der Waals surface area contributed by atoms with Crippen LogP contribution in [0, 0.1) is 0 Å². The number of nitrogens with zero attached hydrogens (tertiary/aromatic N) is 4. The highest BCUT2D eigenvalue weighted by Crippen LogP contribution is 2.29. The summed E-state index contributed by atoms with van der Waals surface area (Å²) in [5, 5.41) is 4.20. The first-order chi connectivity index (χ1) is 19.1. The molecule has 1 aliphatic heterocycles. The summed E-state index contributed by atoms with van der Waals surface area (Å²) in [6.45, 7) is 1.87. The Kier molecular flexibility index (Phi) is 8.23. The van der Waals surface area contributed by atoms with Crippen LogP contribution in [0.1, 0.15) is 24.2 Å². The highest BCUT2D eigenvalue weighted by molar-refractivity contribution is 5.92. The number of furan rings is 1. The van der Waals surface area contributed by atoms with Crippen LogP contribution in [0.2, 0.25) is 0 Å². The van der Waals surface area contributed by atoms with E-state index >= 15 is 0 Å². The van der Waals surface area contributed by atoms with Crippen molar-refractivity contribution in [1.29, 1.82) is 0 Å². The van der Waals surface area contributed by atoms with Crippen LogP contribution in [0.3, 0.4) is 0 Å². The van der Waals surface area contributed by atoms with E-state index in [0.717, 1.165) is 47.5 Å². The van der Waals surface area contributed by atoms with Gasteiger partial charge >= 0.3 is 0 Å². The maximum Gasteiger partial charge on any atom is 0.234 e. The molecule has 3 aromatic heterocycles. The van der Waals surface area contributed by atoms with E-state index in [-0.39, 0.29) is 24.4 Å². The molecular formula is C30H29ClN6O3. The van der Waals surface area contributed by atoms with Gasteiger partial charge in [0.25, 0.3) is 0 Å². The number of halogens is 1. The molecule has 1 fully saturated rings. The molecule has 40 heavy (non-hydrogen) atoms. The number of carbonyl (C=O) groups excluding carboxylic acids is 1. The Morgan fingerprint density at radius 2 is 1.88 bits per heavy atom. The number of benzene rings is 2. The van der Waals surface area contributed by atoms with Crippen molar-refractivity contribution in [3.8, 4) is 17.2 Å². The minimum atomic E-state index is -0.287. The van der Waals surface area contributed by atoms with Crippen LogP contribution >= 0.6 is 12.4 Å². The van der Waals surface area contributed by atoms with Crippen molar-refractivity contribution < 1.29 is 13.9 Å². The Morgan fingerprint density at radius 3 is 2.67 bits per heavy atom. The van der Waals surface area contributed by atoms with Crippen LogP contribution < -0.4 is 15.8 Å². The lowest BCUT2D eigenvalue weighted by molar-refractivity contribution is -0.122. The molecular weight excluding hydrogens is 528 g/mol. The summed E-state index contributed by atoms with van der Waals surface area (Å²) in [6, 6.07) is 23.3.